The fraction of sp³-hybridized carbons (Fsp3) is 0.280. The first-order valence-corrected chi connectivity index (χ1v) is 12.0. The number of nitrogens with zero attached hydrogens (tertiary/aromatic N) is 4. The Kier molecular flexibility index (Phi) is 6.18. The van der Waals surface area contributed by atoms with Gasteiger partial charge in [-0.2, -0.15) is 4.37 Å². The fourth-order valence-corrected chi connectivity index (χ4v) is 5.11. The van der Waals surface area contributed by atoms with E-state index in [-0.39, 0.29) is 24.6 Å². The second-order valence-electron chi connectivity index (χ2n) is 8.77. The molecule has 0 spiro atoms. The summed E-state index contributed by atoms with van der Waals surface area (Å²) in [6.45, 7) is 0.658. The van der Waals surface area contributed by atoms with Crippen LogP contribution in [0, 0.1) is 5.82 Å². The van der Waals surface area contributed by atoms with Gasteiger partial charge in [-0.15, -0.1) is 0 Å². The van der Waals surface area contributed by atoms with E-state index in [1.165, 1.54) is 35.2 Å². The molecule has 10 heteroatoms. The fourth-order valence-electron chi connectivity index (χ4n) is 4.30. The lowest BCUT2D eigenvalue weighted by Gasteiger charge is -2.38. The van der Waals surface area contributed by atoms with Gasteiger partial charge in [0.05, 0.1) is 25.1 Å². The van der Waals surface area contributed by atoms with Crippen molar-refractivity contribution in [2.75, 3.05) is 13.1 Å². The van der Waals surface area contributed by atoms with Crippen LogP contribution in [0.1, 0.15) is 28.8 Å². The smallest absolute Gasteiger partial charge is 0.273 e. The molecule has 180 valence electrons. The van der Waals surface area contributed by atoms with Crippen LogP contribution in [0.5, 0.6) is 0 Å². The van der Waals surface area contributed by atoms with Crippen LogP contribution >= 0.6 is 11.5 Å². The van der Waals surface area contributed by atoms with Crippen molar-refractivity contribution in [3.63, 3.8) is 0 Å². The van der Waals surface area contributed by atoms with Crippen molar-refractivity contribution >= 4 is 27.7 Å². The zero-order chi connectivity index (χ0) is 24.6. The van der Waals surface area contributed by atoms with Gasteiger partial charge >= 0.3 is 0 Å². The summed E-state index contributed by atoms with van der Waals surface area (Å²) in [5.41, 5.74) is 1.65. The Bertz CT molecular complexity index is 1420. The maximum Gasteiger partial charge on any atom is 0.273 e. The molecule has 0 unspecified atom stereocenters. The highest BCUT2D eigenvalue weighted by Crippen LogP contribution is 2.29. The number of rotatable bonds is 5. The summed E-state index contributed by atoms with van der Waals surface area (Å²) in [6.07, 6.45) is 2.03. The third-order valence-corrected chi connectivity index (χ3v) is 7.22. The molecule has 0 saturated carbocycles. The van der Waals surface area contributed by atoms with Gasteiger partial charge in [-0.1, -0.05) is 24.3 Å². The van der Waals surface area contributed by atoms with Crippen LogP contribution in [-0.2, 0) is 13.2 Å². The Morgan fingerprint density at radius 2 is 1.77 bits per heavy atom. The molecule has 35 heavy (non-hydrogen) atoms. The summed E-state index contributed by atoms with van der Waals surface area (Å²) in [4.78, 5) is 31.9. The first-order valence-electron chi connectivity index (χ1n) is 11.2. The molecule has 2 N–H and O–H groups in total. The van der Waals surface area contributed by atoms with Crippen molar-refractivity contribution in [1.82, 2.24) is 18.8 Å². The number of carbonyl (C=O) groups excluding carboxylic acids is 1. The van der Waals surface area contributed by atoms with E-state index in [2.05, 4.69) is 9.36 Å². The minimum atomic E-state index is -1.16. The third-order valence-electron chi connectivity index (χ3n) is 6.40. The monoisotopic (exact) mass is 494 g/mol. The summed E-state index contributed by atoms with van der Waals surface area (Å²) in [5.74, 6) is -0.616. The number of likely N-dealkylation sites (tertiary alicyclic amines) is 1. The molecular formula is C25H23FN4O4S. The van der Waals surface area contributed by atoms with Crippen LogP contribution in [0.4, 0.5) is 4.39 Å². The van der Waals surface area contributed by atoms with E-state index in [1.807, 2.05) is 12.1 Å². The molecule has 1 fully saturated rings. The van der Waals surface area contributed by atoms with E-state index in [4.69, 9.17) is 0 Å². The van der Waals surface area contributed by atoms with E-state index < -0.39 is 11.4 Å². The molecule has 3 heterocycles. The number of fused-ring (bicyclic) bond motifs is 1. The van der Waals surface area contributed by atoms with Gasteiger partial charge in [0.15, 0.2) is 0 Å². The average Bonchev–Trinajstić information content (AvgIpc) is 3.31. The highest BCUT2D eigenvalue weighted by atomic mass is 32.1. The summed E-state index contributed by atoms with van der Waals surface area (Å²) >= 11 is 1.07. The lowest BCUT2D eigenvalue weighted by molar-refractivity contribution is -0.0299. The molecule has 8 nitrogen and oxygen atoms in total. The Balaban J connectivity index is 1.31. The van der Waals surface area contributed by atoms with E-state index in [0.29, 0.717) is 47.4 Å². The van der Waals surface area contributed by atoms with E-state index in [0.717, 1.165) is 22.7 Å². The van der Waals surface area contributed by atoms with Crippen LogP contribution in [0.2, 0.25) is 0 Å². The van der Waals surface area contributed by atoms with Crippen molar-refractivity contribution in [3.05, 3.63) is 82.2 Å². The number of halogens is 1. The molecule has 5 rings (SSSR count). The van der Waals surface area contributed by atoms with E-state index >= 15 is 0 Å². The number of aliphatic hydroxyl groups is 2. The molecule has 2 aromatic heterocycles. The molecule has 1 aliphatic heterocycles. The predicted molar refractivity (Wildman–Crippen MR) is 130 cm³/mol. The minimum Gasteiger partial charge on any atom is -0.392 e. The summed E-state index contributed by atoms with van der Waals surface area (Å²) in [5, 5.41) is 20.4. The first kappa shape index (κ1) is 23.3. The summed E-state index contributed by atoms with van der Waals surface area (Å²) in [7, 11) is 0. The van der Waals surface area contributed by atoms with Gasteiger partial charge in [0.2, 0.25) is 0 Å². The molecule has 0 aliphatic carbocycles. The SMILES string of the molecule is O=C(c1ccc(F)cc1)N1CCC(O)(Cn2cnc3c(-c4ccc(CO)cc4)nsc3c2=O)CC1. The van der Waals surface area contributed by atoms with Gasteiger partial charge in [-0.25, -0.2) is 9.37 Å². The molecule has 2 aromatic carbocycles. The standard InChI is InChI=1S/C25H23FN4O4S/c26-19-7-5-18(6-8-19)23(32)29-11-9-25(34,10-12-29)14-30-15-27-21-20(28-35-22(21)24(30)33)17-3-1-16(13-31)2-4-17/h1-8,15,31,34H,9-14H2. The van der Waals surface area contributed by atoms with Crippen molar-refractivity contribution in [3.8, 4) is 11.3 Å². The van der Waals surface area contributed by atoms with Crippen LogP contribution < -0.4 is 5.56 Å². The number of aliphatic hydroxyl groups excluding tert-OH is 1. The Morgan fingerprint density at radius 3 is 2.43 bits per heavy atom. The van der Waals surface area contributed by atoms with Crippen LogP contribution in [0.25, 0.3) is 21.5 Å². The predicted octanol–water partition coefficient (Wildman–Crippen LogP) is 2.82. The number of amides is 1. The zero-order valence-electron chi connectivity index (χ0n) is 18.7. The van der Waals surface area contributed by atoms with Gasteiger partial charge in [0.1, 0.15) is 21.7 Å². The highest BCUT2D eigenvalue weighted by Gasteiger charge is 2.35. The largest absolute Gasteiger partial charge is 0.392 e. The number of carbonyl (C=O) groups is 1. The lowest BCUT2D eigenvalue weighted by atomic mass is 9.91. The molecule has 1 aliphatic rings. The van der Waals surface area contributed by atoms with Crippen molar-refractivity contribution in [2.24, 2.45) is 0 Å². The second kappa shape index (κ2) is 9.29. The molecule has 1 saturated heterocycles. The molecular weight excluding hydrogens is 471 g/mol. The number of piperidine rings is 1. The van der Waals surface area contributed by atoms with Crippen molar-refractivity contribution in [2.45, 2.75) is 31.6 Å². The molecule has 1 amide bonds. The summed E-state index contributed by atoms with van der Waals surface area (Å²) in [6, 6.07) is 12.6. The van der Waals surface area contributed by atoms with Crippen molar-refractivity contribution in [1.29, 1.82) is 0 Å². The Hall–Kier alpha value is -3.47. The molecule has 0 bridgehead atoms. The topological polar surface area (TPSA) is 109 Å². The number of hydrogen-bond donors (Lipinski definition) is 2. The van der Waals surface area contributed by atoms with Crippen LogP contribution in [0.3, 0.4) is 0 Å². The molecule has 0 atom stereocenters. The van der Waals surface area contributed by atoms with Crippen molar-refractivity contribution < 1.29 is 19.4 Å². The van der Waals surface area contributed by atoms with Gasteiger partial charge in [-0.3, -0.25) is 14.2 Å². The Labute approximate surface area is 204 Å². The normalized spacial score (nSPS) is 15.5. The first-order chi connectivity index (χ1) is 16.9. The third kappa shape index (κ3) is 4.60. The zero-order valence-corrected chi connectivity index (χ0v) is 19.5. The van der Waals surface area contributed by atoms with Gasteiger partial charge < -0.3 is 15.1 Å². The van der Waals surface area contributed by atoms with Crippen LogP contribution in [-0.4, -0.2) is 53.6 Å². The maximum atomic E-state index is 13.1. The number of hydrogen-bond acceptors (Lipinski definition) is 7. The highest BCUT2D eigenvalue weighted by molar-refractivity contribution is 7.13. The van der Waals surface area contributed by atoms with Gasteiger partial charge in [0.25, 0.3) is 11.5 Å². The minimum absolute atomic E-state index is 0.0535. The van der Waals surface area contributed by atoms with E-state index in [1.54, 1.807) is 17.0 Å². The molecule has 4 aromatic rings. The van der Waals surface area contributed by atoms with Gasteiger partial charge in [-0.05, 0) is 54.2 Å². The van der Waals surface area contributed by atoms with Gasteiger partial charge in [0, 0.05) is 24.2 Å². The van der Waals surface area contributed by atoms with Crippen LogP contribution in [0.15, 0.2) is 59.7 Å². The quantitative estimate of drug-likeness (QED) is 0.442. The molecule has 0 radical (unpaired) electrons. The van der Waals surface area contributed by atoms with E-state index in [9.17, 15) is 24.2 Å². The Morgan fingerprint density at radius 1 is 1.09 bits per heavy atom. The average molecular weight is 495 g/mol. The number of aromatic nitrogens is 3. The summed E-state index contributed by atoms with van der Waals surface area (Å²) < 4.78 is 19.4. The number of benzene rings is 2. The lowest BCUT2D eigenvalue weighted by Crippen LogP contribution is -2.49. The second-order valence-corrected chi connectivity index (χ2v) is 9.54. The maximum absolute atomic E-state index is 13.1.